The molecule has 0 radical (unpaired) electrons. The summed E-state index contributed by atoms with van der Waals surface area (Å²) in [5, 5.41) is 0.410. The van der Waals surface area contributed by atoms with Gasteiger partial charge in [0.25, 0.3) is 0 Å². The summed E-state index contributed by atoms with van der Waals surface area (Å²) in [6.07, 6.45) is 0.947. The van der Waals surface area contributed by atoms with Gasteiger partial charge in [0.05, 0.1) is 17.8 Å². The number of carbonyl (C=O) groups excluding carboxylic acids is 2. The van der Waals surface area contributed by atoms with Crippen LogP contribution >= 0.6 is 0 Å². The van der Waals surface area contributed by atoms with Gasteiger partial charge in [-0.3, -0.25) is 9.59 Å². The minimum Gasteiger partial charge on any atom is -0.368 e. The van der Waals surface area contributed by atoms with Crippen molar-refractivity contribution in [2.75, 3.05) is 13.6 Å². The molecule has 3 aromatic rings. The van der Waals surface area contributed by atoms with Crippen molar-refractivity contribution < 1.29 is 22.8 Å². The molecular weight excluding hydrogens is 395 g/mol. The molecule has 1 fully saturated rings. The Hall–Kier alpha value is -3.29. The van der Waals surface area contributed by atoms with Crippen LogP contribution in [0, 0.1) is 23.4 Å². The minimum absolute atomic E-state index is 0.115. The summed E-state index contributed by atoms with van der Waals surface area (Å²) >= 11 is 0. The number of rotatable bonds is 5. The zero-order valence-corrected chi connectivity index (χ0v) is 16.2. The van der Waals surface area contributed by atoms with Crippen molar-refractivity contribution >= 4 is 22.7 Å². The molecule has 5 nitrogen and oxygen atoms in total. The van der Waals surface area contributed by atoms with Crippen molar-refractivity contribution in [3.05, 3.63) is 59.4 Å². The van der Waals surface area contributed by atoms with Gasteiger partial charge in [-0.05, 0) is 60.2 Å². The summed E-state index contributed by atoms with van der Waals surface area (Å²) in [4.78, 5) is 27.9. The van der Waals surface area contributed by atoms with E-state index >= 15 is 0 Å². The smallest absolute Gasteiger partial charge is 0.237 e. The molecule has 2 amide bonds. The Bertz CT molecular complexity index is 1130. The van der Waals surface area contributed by atoms with Crippen molar-refractivity contribution in [2.45, 2.75) is 18.8 Å². The van der Waals surface area contributed by atoms with Gasteiger partial charge in [-0.1, -0.05) is 0 Å². The molecule has 2 aromatic carbocycles. The first-order valence-corrected chi connectivity index (χ1v) is 9.54. The van der Waals surface area contributed by atoms with Crippen LogP contribution in [0.15, 0.2) is 36.4 Å². The van der Waals surface area contributed by atoms with Crippen molar-refractivity contribution in [1.82, 2.24) is 9.88 Å². The van der Waals surface area contributed by atoms with Gasteiger partial charge < -0.3 is 15.6 Å². The lowest BCUT2D eigenvalue weighted by atomic mass is 9.69. The van der Waals surface area contributed by atoms with E-state index in [1.165, 1.54) is 30.1 Å². The zero-order valence-electron chi connectivity index (χ0n) is 16.2. The van der Waals surface area contributed by atoms with Gasteiger partial charge in [0.15, 0.2) is 0 Å². The Morgan fingerprint density at radius 1 is 1.10 bits per heavy atom. The first kappa shape index (κ1) is 20.0. The third-order valence-electron chi connectivity index (χ3n) is 5.66. The predicted octanol–water partition coefficient (Wildman–Crippen LogP) is 3.69. The van der Waals surface area contributed by atoms with E-state index in [4.69, 9.17) is 5.73 Å². The van der Waals surface area contributed by atoms with E-state index in [0.29, 0.717) is 35.0 Å². The Morgan fingerprint density at radius 3 is 2.40 bits per heavy atom. The van der Waals surface area contributed by atoms with Crippen LogP contribution in [-0.4, -0.2) is 35.3 Å². The summed E-state index contributed by atoms with van der Waals surface area (Å²) in [5.74, 6) is -3.01. The van der Waals surface area contributed by atoms with Crippen LogP contribution in [-0.2, 0) is 9.59 Å². The Balaban J connectivity index is 1.70. The topological polar surface area (TPSA) is 79.2 Å². The number of carbonyl (C=O) groups is 2. The molecule has 1 aliphatic carbocycles. The number of amides is 2. The third-order valence-corrected chi connectivity index (χ3v) is 5.66. The number of primary amides is 1. The molecule has 0 saturated heterocycles. The fraction of sp³-hybridized carbons (Fsp3) is 0.273. The first-order chi connectivity index (χ1) is 14.2. The van der Waals surface area contributed by atoms with E-state index in [2.05, 4.69) is 4.98 Å². The van der Waals surface area contributed by atoms with Crippen LogP contribution in [0.1, 0.15) is 24.3 Å². The number of nitrogens with one attached hydrogen (secondary N) is 1. The Labute approximate surface area is 170 Å². The Morgan fingerprint density at radius 2 is 1.77 bits per heavy atom. The number of halogens is 3. The molecule has 0 spiro atoms. The summed E-state index contributed by atoms with van der Waals surface area (Å²) in [6.45, 7) is -0.162. The molecule has 1 saturated carbocycles. The number of fused-ring (bicyclic) bond motifs is 1. The molecule has 0 atom stereocenters. The zero-order chi connectivity index (χ0) is 21.6. The van der Waals surface area contributed by atoms with Gasteiger partial charge in [0.2, 0.25) is 11.8 Å². The van der Waals surface area contributed by atoms with Crippen molar-refractivity contribution in [2.24, 2.45) is 11.7 Å². The number of hydrogen-bond acceptors (Lipinski definition) is 2. The van der Waals surface area contributed by atoms with Gasteiger partial charge in [0, 0.05) is 24.4 Å². The van der Waals surface area contributed by atoms with E-state index in [-0.39, 0.29) is 29.8 Å². The van der Waals surface area contributed by atoms with Gasteiger partial charge in [-0.15, -0.1) is 0 Å². The van der Waals surface area contributed by atoms with E-state index in [9.17, 15) is 22.8 Å². The van der Waals surface area contributed by atoms with Gasteiger partial charge >= 0.3 is 0 Å². The van der Waals surface area contributed by atoms with E-state index in [1.807, 2.05) is 0 Å². The quantitative estimate of drug-likeness (QED) is 0.667. The highest BCUT2D eigenvalue weighted by atomic mass is 19.1. The molecule has 30 heavy (non-hydrogen) atoms. The van der Waals surface area contributed by atoms with Crippen molar-refractivity contribution in [1.29, 1.82) is 0 Å². The number of nitrogens with zero attached hydrogens (tertiary/aromatic N) is 1. The molecule has 4 rings (SSSR count). The van der Waals surface area contributed by atoms with Gasteiger partial charge in [-0.25, -0.2) is 13.2 Å². The van der Waals surface area contributed by atoms with E-state index in [0.717, 1.165) is 6.07 Å². The molecule has 1 aliphatic rings. The van der Waals surface area contributed by atoms with Crippen LogP contribution in [0.5, 0.6) is 0 Å². The molecule has 0 unspecified atom stereocenters. The normalized spacial score (nSPS) is 18.3. The SMILES string of the molecule is CN(CC(N)=O)C(=O)C1CC(c2c(-c3ccc(F)cc3)[nH]c3c(F)cc(F)cc23)C1. The van der Waals surface area contributed by atoms with Gasteiger partial charge in [0.1, 0.15) is 17.5 Å². The maximum absolute atomic E-state index is 14.4. The number of nitrogens with two attached hydrogens (primary N) is 1. The minimum atomic E-state index is -0.715. The predicted molar refractivity (Wildman–Crippen MR) is 106 cm³/mol. The molecule has 1 aromatic heterocycles. The molecule has 156 valence electrons. The third kappa shape index (κ3) is 3.53. The highest BCUT2D eigenvalue weighted by molar-refractivity contribution is 5.93. The molecule has 3 N–H and O–H groups in total. The maximum atomic E-state index is 14.4. The molecule has 0 bridgehead atoms. The fourth-order valence-electron chi connectivity index (χ4n) is 4.19. The lowest BCUT2D eigenvalue weighted by Crippen LogP contribution is -2.42. The van der Waals surface area contributed by atoms with E-state index in [1.54, 1.807) is 12.1 Å². The molecule has 1 heterocycles. The highest BCUT2D eigenvalue weighted by Gasteiger charge is 2.39. The number of aromatic nitrogens is 1. The second-order valence-corrected chi connectivity index (χ2v) is 7.76. The summed E-state index contributed by atoms with van der Waals surface area (Å²) in [6, 6.07) is 7.81. The second-order valence-electron chi connectivity index (χ2n) is 7.76. The van der Waals surface area contributed by atoms with Crippen molar-refractivity contribution in [3.63, 3.8) is 0 Å². The second kappa shape index (κ2) is 7.51. The molecule has 0 aliphatic heterocycles. The van der Waals surface area contributed by atoms with Crippen LogP contribution in [0.2, 0.25) is 0 Å². The summed E-state index contributed by atoms with van der Waals surface area (Å²) in [5.41, 5.74) is 7.24. The number of hydrogen-bond donors (Lipinski definition) is 2. The molecular formula is C22H20F3N3O2. The number of H-pyrrole nitrogens is 1. The number of aromatic amines is 1. The fourth-order valence-corrected chi connectivity index (χ4v) is 4.19. The monoisotopic (exact) mass is 415 g/mol. The highest BCUT2D eigenvalue weighted by Crippen LogP contribution is 2.48. The van der Waals surface area contributed by atoms with Crippen LogP contribution in [0.3, 0.4) is 0 Å². The Kier molecular flexibility index (Phi) is 5.01. The summed E-state index contributed by atoms with van der Waals surface area (Å²) in [7, 11) is 1.51. The lowest BCUT2D eigenvalue weighted by Gasteiger charge is -2.37. The number of likely N-dealkylation sites (N-methyl/N-ethyl adjacent to an activating group) is 1. The van der Waals surface area contributed by atoms with Crippen LogP contribution < -0.4 is 5.73 Å². The number of benzene rings is 2. The van der Waals surface area contributed by atoms with Crippen LogP contribution in [0.4, 0.5) is 13.2 Å². The average molecular weight is 415 g/mol. The first-order valence-electron chi connectivity index (χ1n) is 9.54. The van der Waals surface area contributed by atoms with Crippen molar-refractivity contribution in [3.8, 4) is 11.3 Å². The van der Waals surface area contributed by atoms with Crippen LogP contribution in [0.25, 0.3) is 22.2 Å². The average Bonchev–Trinajstić information content (AvgIpc) is 3.00. The van der Waals surface area contributed by atoms with Gasteiger partial charge in [-0.2, -0.15) is 0 Å². The summed E-state index contributed by atoms with van der Waals surface area (Å²) < 4.78 is 41.7. The lowest BCUT2D eigenvalue weighted by molar-refractivity contribution is -0.140. The molecule has 8 heteroatoms. The van der Waals surface area contributed by atoms with E-state index < -0.39 is 23.4 Å². The maximum Gasteiger partial charge on any atom is 0.237 e. The standard InChI is InChI=1S/C22H20F3N3O2/c1-28(10-18(26)29)22(30)13-6-12(7-13)19-16-8-15(24)9-17(25)21(16)27-20(19)11-2-4-14(23)5-3-11/h2-5,8-9,12-13,27H,6-7,10H2,1H3,(H2,26,29). The largest absolute Gasteiger partial charge is 0.368 e.